The van der Waals surface area contributed by atoms with Crippen molar-refractivity contribution in [3.63, 3.8) is 0 Å². The lowest BCUT2D eigenvalue weighted by atomic mass is 10.1. The van der Waals surface area contributed by atoms with E-state index in [0.717, 1.165) is 35.4 Å². The second-order valence-corrected chi connectivity index (χ2v) is 8.73. The molecular weight excluding hydrogens is 483 g/mol. The summed E-state index contributed by atoms with van der Waals surface area (Å²) in [6.45, 7) is 4.98. The number of nitrogens with zero attached hydrogens (tertiary/aromatic N) is 6. The third-order valence-corrected chi connectivity index (χ3v) is 5.91. The van der Waals surface area contributed by atoms with Crippen LogP contribution in [-0.2, 0) is 4.74 Å². The molecule has 0 saturated carbocycles. The second kappa shape index (κ2) is 10.8. The van der Waals surface area contributed by atoms with Gasteiger partial charge >= 0.3 is 0 Å². The van der Waals surface area contributed by atoms with Crippen LogP contribution in [0.1, 0.15) is 18.2 Å². The van der Waals surface area contributed by atoms with Crippen LogP contribution in [0.15, 0.2) is 64.5 Å². The molecule has 9 nitrogen and oxygen atoms in total. The number of hydrogen-bond donors (Lipinski definition) is 2. The van der Waals surface area contributed by atoms with Crippen molar-refractivity contribution in [1.29, 1.82) is 0 Å². The molecule has 2 aliphatic heterocycles. The molecule has 3 aromatic rings. The molecule has 2 aliphatic rings. The van der Waals surface area contributed by atoms with Gasteiger partial charge in [-0.05, 0) is 48.9 Å². The smallest absolute Gasteiger partial charge is 0.245 e. The number of aromatic nitrogens is 3. The van der Waals surface area contributed by atoms with Crippen molar-refractivity contribution in [2.24, 2.45) is 10.1 Å². The van der Waals surface area contributed by atoms with E-state index in [2.05, 4.69) is 48.8 Å². The Bertz CT molecular complexity index is 1340. The number of nitrogens with one attached hydrogen (secondary N) is 2. The number of morpholine rings is 1. The molecule has 2 aromatic heterocycles. The van der Waals surface area contributed by atoms with Crippen LogP contribution in [0.3, 0.4) is 0 Å². The lowest BCUT2D eigenvalue weighted by molar-refractivity contribution is 0.122. The molecule has 0 spiro atoms. The number of aliphatic imine (C=N–C) groups is 1. The van der Waals surface area contributed by atoms with Gasteiger partial charge in [-0.15, -0.1) is 0 Å². The van der Waals surface area contributed by atoms with E-state index >= 15 is 0 Å². The van der Waals surface area contributed by atoms with Gasteiger partial charge in [0.25, 0.3) is 0 Å². The van der Waals surface area contributed by atoms with Crippen LogP contribution in [0.4, 0.5) is 27.5 Å². The monoisotopic (exact) mass is 506 g/mol. The van der Waals surface area contributed by atoms with Crippen LogP contribution in [0, 0.1) is 5.82 Å². The number of hydrogen-bond acceptors (Lipinski definition) is 9. The molecule has 1 saturated heterocycles. The Labute approximate surface area is 212 Å². The minimum Gasteiger partial charge on any atom is -0.378 e. The molecule has 2 N–H and O–H groups in total. The highest BCUT2D eigenvalue weighted by molar-refractivity contribution is 6.35. The van der Waals surface area contributed by atoms with Crippen molar-refractivity contribution in [2.45, 2.75) is 6.92 Å². The SMILES string of the molecule is CC1=CC(c2ccc(Nc3ccc(/C=N\Nc4ncc(F)c(N5CCOCC5)n4)nc3)cc2Cl)=NC1. The zero-order chi connectivity index (χ0) is 24.9. The molecule has 0 radical (unpaired) electrons. The average Bonchev–Trinajstić information content (AvgIpc) is 3.32. The molecule has 0 atom stereocenters. The molecule has 0 bridgehead atoms. The number of benzene rings is 1. The van der Waals surface area contributed by atoms with Gasteiger partial charge in [0.2, 0.25) is 5.95 Å². The second-order valence-electron chi connectivity index (χ2n) is 8.32. The van der Waals surface area contributed by atoms with Gasteiger partial charge in [0.1, 0.15) is 0 Å². The largest absolute Gasteiger partial charge is 0.378 e. The molecule has 1 aromatic carbocycles. The van der Waals surface area contributed by atoms with E-state index in [9.17, 15) is 4.39 Å². The van der Waals surface area contributed by atoms with Gasteiger partial charge in [0.05, 0.1) is 60.5 Å². The molecule has 1 fully saturated rings. The first-order valence-corrected chi connectivity index (χ1v) is 11.8. The summed E-state index contributed by atoms with van der Waals surface area (Å²) in [6, 6.07) is 9.48. The lowest BCUT2D eigenvalue weighted by Gasteiger charge is -2.27. The van der Waals surface area contributed by atoms with Crippen molar-refractivity contribution in [3.8, 4) is 0 Å². The fourth-order valence-corrected chi connectivity index (χ4v) is 4.06. The fourth-order valence-electron chi connectivity index (χ4n) is 3.79. The zero-order valence-electron chi connectivity index (χ0n) is 19.6. The van der Waals surface area contributed by atoms with Crippen LogP contribution in [0.25, 0.3) is 0 Å². The van der Waals surface area contributed by atoms with Crippen molar-refractivity contribution in [3.05, 3.63) is 76.5 Å². The Kier molecular flexibility index (Phi) is 7.15. The van der Waals surface area contributed by atoms with E-state index in [-0.39, 0.29) is 11.8 Å². The van der Waals surface area contributed by atoms with Crippen molar-refractivity contribution in [1.82, 2.24) is 15.0 Å². The van der Waals surface area contributed by atoms with E-state index in [1.807, 2.05) is 35.2 Å². The molecule has 4 heterocycles. The molecule has 0 aliphatic carbocycles. The van der Waals surface area contributed by atoms with Crippen LogP contribution < -0.4 is 15.6 Å². The van der Waals surface area contributed by atoms with Gasteiger partial charge < -0.3 is 15.0 Å². The number of allylic oxidation sites excluding steroid dienone is 1. The summed E-state index contributed by atoms with van der Waals surface area (Å²) in [4.78, 5) is 18.9. The van der Waals surface area contributed by atoms with E-state index in [4.69, 9.17) is 16.3 Å². The highest BCUT2D eigenvalue weighted by atomic mass is 35.5. The summed E-state index contributed by atoms with van der Waals surface area (Å²) in [5.41, 5.74) is 8.04. The fraction of sp³-hybridized carbons (Fsp3) is 0.240. The Balaban J connectivity index is 1.19. The van der Waals surface area contributed by atoms with Gasteiger partial charge in [-0.2, -0.15) is 10.1 Å². The first-order chi connectivity index (χ1) is 17.5. The third-order valence-electron chi connectivity index (χ3n) is 5.60. The Hall–Kier alpha value is -3.89. The predicted molar refractivity (Wildman–Crippen MR) is 140 cm³/mol. The van der Waals surface area contributed by atoms with Gasteiger partial charge in [-0.1, -0.05) is 11.6 Å². The van der Waals surface area contributed by atoms with E-state index in [1.165, 1.54) is 11.8 Å². The Morgan fingerprint density at radius 3 is 2.67 bits per heavy atom. The molecule has 11 heteroatoms. The summed E-state index contributed by atoms with van der Waals surface area (Å²) >= 11 is 6.49. The van der Waals surface area contributed by atoms with Crippen molar-refractivity contribution < 1.29 is 9.13 Å². The number of anilines is 4. The number of ether oxygens (including phenoxy) is 1. The van der Waals surface area contributed by atoms with Gasteiger partial charge in [0.15, 0.2) is 11.6 Å². The predicted octanol–water partition coefficient (Wildman–Crippen LogP) is 4.44. The van der Waals surface area contributed by atoms with Crippen LogP contribution in [-0.4, -0.2) is 59.7 Å². The van der Waals surface area contributed by atoms with Gasteiger partial charge in [0, 0.05) is 24.3 Å². The number of rotatable bonds is 7. The lowest BCUT2D eigenvalue weighted by Crippen LogP contribution is -2.37. The minimum atomic E-state index is -0.480. The maximum Gasteiger partial charge on any atom is 0.245 e. The molecule has 5 rings (SSSR count). The topological polar surface area (TPSA) is 99.9 Å². The molecule has 0 amide bonds. The maximum atomic E-state index is 14.2. The van der Waals surface area contributed by atoms with Crippen molar-refractivity contribution in [2.75, 3.05) is 48.5 Å². The Morgan fingerprint density at radius 1 is 1.11 bits per heavy atom. The molecule has 36 heavy (non-hydrogen) atoms. The molecule has 0 unspecified atom stereocenters. The molecular formula is C25H24ClFN8O. The van der Waals surface area contributed by atoms with Crippen LogP contribution in [0.2, 0.25) is 5.02 Å². The Morgan fingerprint density at radius 2 is 1.94 bits per heavy atom. The molecule has 184 valence electrons. The summed E-state index contributed by atoms with van der Waals surface area (Å²) in [6.07, 6.45) is 6.42. The zero-order valence-corrected chi connectivity index (χ0v) is 20.3. The highest BCUT2D eigenvalue weighted by Gasteiger charge is 2.17. The summed E-state index contributed by atoms with van der Waals surface area (Å²) in [5, 5.41) is 8.05. The quantitative estimate of drug-likeness (QED) is 0.361. The minimum absolute atomic E-state index is 0.196. The standard InChI is InChI=1S/C25H24ClFN8O/c1-16-10-23(29-12-16)20-5-4-17(11-21(20)26)32-19-3-2-18(28-13-19)14-31-34-25-30-15-22(27)24(33-25)35-6-8-36-9-7-35/h2-5,10-11,13-15,32H,6-9,12H2,1H3,(H,30,33,34)/b31-14-. The number of hydrazone groups is 1. The highest BCUT2D eigenvalue weighted by Crippen LogP contribution is 2.26. The summed E-state index contributed by atoms with van der Waals surface area (Å²) in [5.74, 6) is -0.0520. The number of halogens is 2. The first kappa shape index (κ1) is 23.8. The first-order valence-electron chi connectivity index (χ1n) is 11.4. The summed E-state index contributed by atoms with van der Waals surface area (Å²) < 4.78 is 19.5. The average molecular weight is 507 g/mol. The summed E-state index contributed by atoms with van der Waals surface area (Å²) in [7, 11) is 0. The third kappa shape index (κ3) is 5.67. The van der Waals surface area contributed by atoms with Gasteiger partial charge in [-0.3, -0.25) is 9.98 Å². The normalized spacial score (nSPS) is 15.7. The van der Waals surface area contributed by atoms with E-state index in [1.54, 1.807) is 6.20 Å². The van der Waals surface area contributed by atoms with Crippen molar-refractivity contribution >= 4 is 46.7 Å². The maximum absolute atomic E-state index is 14.2. The number of pyridine rings is 1. The van der Waals surface area contributed by atoms with Crippen LogP contribution >= 0.6 is 11.6 Å². The van der Waals surface area contributed by atoms with Crippen LogP contribution in [0.5, 0.6) is 0 Å². The van der Waals surface area contributed by atoms with Gasteiger partial charge in [-0.25, -0.2) is 14.8 Å². The van der Waals surface area contributed by atoms with E-state index < -0.39 is 5.82 Å². The van der Waals surface area contributed by atoms with E-state index in [0.29, 0.717) is 37.0 Å².